The highest BCUT2D eigenvalue weighted by atomic mass is 16.3. The predicted molar refractivity (Wildman–Crippen MR) is 154 cm³/mol. The Bertz CT molecular complexity index is 920. The van der Waals surface area contributed by atoms with Crippen LogP contribution in [0.5, 0.6) is 5.75 Å². The number of carbonyl (C=O) groups is 2. The van der Waals surface area contributed by atoms with E-state index < -0.39 is 0 Å². The summed E-state index contributed by atoms with van der Waals surface area (Å²) in [6.07, 6.45) is 22.5. The van der Waals surface area contributed by atoms with Crippen molar-refractivity contribution in [3.63, 3.8) is 0 Å². The molecule has 2 rings (SSSR count). The van der Waals surface area contributed by atoms with Crippen molar-refractivity contribution in [1.82, 2.24) is 5.32 Å². The van der Waals surface area contributed by atoms with Gasteiger partial charge in [-0.25, -0.2) is 0 Å². The highest BCUT2D eigenvalue weighted by Gasteiger charge is 2.08. The van der Waals surface area contributed by atoms with Gasteiger partial charge in [-0.2, -0.15) is 0 Å². The van der Waals surface area contributed by atoms with Gasteiger partial charge < -0.3 is 15.7 Å². The lowest BCUT2D eigenvalue weighted by molar-refractivity contribution is 0.0952. The first-order valence-electron chi connectivity index (χ1n) is 14.2. The van der Waals surface area contributed by atoms with E-state index in [1.165, 1.54) is 89.2 Å². The number of phenolic OH excluding ortho intramolecular Hbond substituents is 1. The van der Waals surface area contributed by atoms with Crippen LogP contribution < -0.4 is 10.6 Å². The molecular formula is C32H46N2O3. The molecule has 202 valence electrons. The second kappa shape index (κ2) is 19.1. The molecule has 0 spiro atoms. The Balaban J connectivity index is 1.47. The maximum Gasteiger partial charge on any atom is 0.255 e. The monoisotopic (exact) mass is 506 g/mol. The van der Waals surface area contributed by atoms with Crippen molar-refractivity contribution in [1.29, 1.82) is 0 Å². The van der Waals surface area contributed by atoms with Crippen molar-refractivity contribution < 1.29 is 14.7 Å². The smallest absolute Gasteiger partial charge is 0.255 e. The fourth-order valence-electron chi connectivity index (χ4n) is 4.20. The first-order chi connectivity index (χ1) is 18.1. The van der Waals surface area contributed by atoms with E-state index in [9.17, 15) is 14.7 Å². The number of benzene rings is 2. The molecule has 0 saturated heterocycles. The molecule has 2 amide bonds. The number of allylic oxidation sites excluding steroid dienone is 2. The molecule has 2 aromatic rings. The van der Waals surface area contributed by atoms with Gasteiger partial charge in [0.2, 0.25) is 0 Å². The van der Waals surface area contributed by atoms with Gasteiger partial charge in [-0.3, -0.25) is 9.59 Å². The lowest BCUT2D eigenvalue weighted by Gasteiger charge is -2.08. The summed E-state index contributed by atoms with van der Waals surface area (Å²) in [7, 11) is 0. The van der Waals surface area contributed by atoms with Crippen LogP contribution in [0.25, 0.3) is 0 Å². The average molecular weight is 507 g/mol. The molecule has 3 N–H and O–H groups in total. The maximum absolute atomic E-state index is 12.4. The Labute approximate surface area is 223 Å². The summed E-state index contributed by atoms with van der Waals surface area (Å²) in [5.74, 6) is -0.247. The zero-order valence-corrected chi connectivity index (χ0v) is 22.6. The number of amides is 2. The van der Waals surface area contributed by atoms with E-state index in [1.54, 1.807) is 36.4 Å². The van der Waals surface area contributed by atoms with Crippen LogP contribution >= 0.6 is 0 Å². The van der Waals surface area contributed by atoms with Gasteiger partial charge in [-0.15, -0.1) is 0 Å². The molecule has 0 radical (unpaired) electrons. The van der Waals surface area contributed by atoms with Crippen LogP contribution in [0, 0.1) is 0 Å². The van der Waals surface area contributed by atoms with E-state index in [-0.39, 0.29) is 17.6 Å². The van der Waals surface area contributed by atoms with Crippen LogP contribution in [0.4, 0.5) is 5.69 Å². The molecule has 0 aliphatic rings. The molecule has 0 aliphatic carbocycles. The summed E-state index contributed by atoms with van der Waals surface area (Å²) in [5.41, 5.74) is 1.64. The molecule has 37 heavy (non-hydrogen) atoms. The van der Waals surface area contributed by atoms with Crippen LogP contribution in [0.1, 0.15) is 118 Å². The maximum atomic E-state index is 12.4. The summed E-state index contributed by atoms with van der Waals surface area (Å²) in [6.45, 7) is 2.94. The SMILES string of the molecule is CCCCCCCCCC=CCCCCCCCNC(=O)c1ccc(NC(=O)c2ccc(O)cc2)cc1. The van der Waals surface area contributed by atoms with E-state index in [2.05, 4.69) is 29.7 Å². The molecule has 0 saturated carbocycles. The minimum Gasteiger partial charge on any atom is -0.508 e. The highest BCUT2D eigenvalue weighted by Crippen LogP contribution is 2.14. The normalized spacial score (nSPS) is 11.1. The first kappa shape index (κ1) is 30.1. The summed E-state index contributed by atoms with van der Waals surface area (Å²) in [6, 6.07) is 12.9. The van der Waals surface area contributed by atoms with E-state index in [0.29, 0.717) is 23.4 Å². The summed E-state index contributed by atoms with van der Waals surface area (Å²) in [4.78, 5) is 24.6. The molecular weight excluding hydrogens is 460 g/mol. The zero-order chi connectivity index (χ0) is 26.6. The van der Waals surface area contributed by atoms with Gasteiger partial charge >= 0.3 is 0 Å². The number of anilines is 1. The fourth-order valence-corrected chi connectivity index (χ4v) is 4.20. The minimum absolute atomic E-state index is 0.0949. The van der Waals surface area contributed by atoms with Crippen molar-refractivity contribution in [2.45, 2.75) is 96.8 Å². The third kappa shape index (κ3) is 13.7. The fraction of sp³-hybridized carbons (Fsp3) is 0.500. The van der Waals surface area contributed by atoms with Gasteiger partial charge in [0, 0.05) is 23.4 Å². The van der Waals surface area contributed by atoms with Crippen LogP contribution in [0.3, 0.4) is 0 Å². The van der Waals surface area contributed by atoms with E-state index in [0.717, 1.165) is 12.8 Å². The lowest BCUT2D eigenvalue weighted by Crippen LogP contribution is -2.24. The number of unbranched alkanes of at least 4 members (excludes halogenated alkanes) is 12. The van der Waals surface area contributed by atoms with Crippen molar-refractivity contribution >= 4 is 17.5 Å². The number of rotatable bonds is 19. The molecule has 0 heterocycles. The molecule has 5 nitrogen and oxygen atoms in total. The number of hydrogen-bond donors (Lipinski definition) is 3. The third-order valence-electron chi connectivity index (χ3n) is 6.51. The van der Waals surface area contributed by atoms with E-state index in [4.69, 9.17) is 0 Å². The molecule has 0 fully saturated rings. The lowest BCUT2D eigenvalue weighted by atomic mass is 10.1. The number of aromatic hydroxyl groups is 1. The van der Waals surface area contributed by atoms with Crippen molar-refractivity contribution in [2.24, 2.45) is 0 Å². The Morgan fingerprint density at radius 3 is 1.73 bits per heavy atom. The zero-order valence-electron chi connectivity index (χ0n) is 22.6. The van der Waals surface area contributed by atoms with Crippen LogP contribution in [0.15, 0.2) is 60.7 Å². The molecule has 0 atom stereocenters. The third-order valence-corrected chi connectivity index (χ3v) is 6.51. The summed E-state index contributed by atoms with van der Waals surface area (Å²) in [5, 5.41) is 15.1. The largest absolute Gasteiger partial charge is 0.508 e. The second-order valence-corrected chi connectivity index (χ2v) is 9.77. The molecule has 2 aromatic carbocycles. The van der Waals surface area contributed by atoms with Crippen molar-refractivity contribution in [3.05, 3.63) is 71.8 Å². The standard InChI is InChI=1S/C32H46N2O3/c1-2-3-4-5-6-7-8-9-10-11-12-13-14-15-16-17-26-33-31(36)27-18-22-29(23-19-27)34-32(37)28-20-24-30(35)25-21-28/h10-11,18-25,35H,2-9,12-17,26H2,1H3,(H,33,36)(H,34,37). The Kier molecular flexibility index (Phi) is 15.6. The number of hydrogen-bond acceptors (Lipinski definition) is 3. The van der Waals surface area contributed by atoms with Crippen LogP contribution in [-0.4, -0.2) is 23.5 Å². The molecule has 0 aliphatic heterocycles. The minimum atomic E-state index is -0.267. The Morgan fingerprint density at radius 1 is 0.649 bits per heavy atom. The van der Waals surface area contributed by atoms with Gasteiger partial charge in [0.15, 0.2) is 0 Å². The number of nitrogens with one attached hydrogen (secondary N) is 2. The molecule has 0 unspecified atom stereocenters. The quantitative estimate of drug-likeness (QED) is 0.132. The van der Waals surface area contributed by atoms with Crippen molar-refractivity contribution in [3.8, 4) is 5.75 Å². The predicted octanol–water partition coefficient (Wildman–Crippen LogP) is 8.41. The van der Waals surface area contributed by atoms with Gasteiger partial charge in [0.05, 0.1) is 0 Å². The Morgan fingerprint density at radius 2 is 1.14 bits per heavy atom. The highest BCUT2D eigenvalue weighted by molar-refractivity contribution is 6.04. The van der Waals surface area contributed by atoms with Gasteiger partial charge in [0.1, 0.15) is 5.75 Å². The number of carbonyl (C=O) groups excluding carboxylic acids is 2. The molecule has 0 aromatic heterocycles. The van der Waals surface area contributed by atoms with Crippen LogP contribution in [0.2, 0.25) is 0 Å². The van der Waals surface area contributed by atoms with Crippen LogP contribution in [-0.2, 0) is 0 Å². The summed E-state index contributed by atoms with van der Waals surface area (Å²) < 4.78 is 0. The average Bonchev–Trinajstić information content (AvgIpc) is 2.91. The van der Waals surface area contributed by atoms with Gasteiger partial charge in [0.25, 0.3) is 11.8 Å². The summed E-state index contributed by atoms with van der Waals surface area (Å²) >= 11 is 0. The van der Waals surface area contributed by atoms with E-state index in [1.807, 2.05) is 0 Å². The Hall–Kier alpha value is -3.08. The second-order valence-electron chi connectivity index (χ2n) is 9.77. The number of phenols is 1. The van der Waals surface area contributed by atoms with Gasteiger partial charge in [-0.1, -0.05) is 76.9 Å². The van der Waals surface area contributed by atoms with Crippen molar-refractivity contribution in [2.75, 3.05) is 11.9 Å². The van der Waals surface area contributed by atoms with Gasteiger partial charge in [-0.05, 0) is 80.6 Å². The molecule has 5 heteroatoms. The molecule has 0 bridgehead atoms. The first-order valence-corrected chi connectivity index (χ1v) is 14.2. The topological polar surface area (TPSA) is 78.4 Å². The van der Waals surface area contributed by atoms with E-state index >= 15 is 0 Å².